The quantitative estimate of drug-likeness (QED) is 0.562. The Morgan fingerprint density at radius 2 is 2.00 bits per heavy atom. The van der Waals surface area contributed by atoms with E-state index in [1.54, 1.807) is 0 Å². The van der Waals surface area contributed by atoms with Gasteiger partial charge in [-0.15, -0.1) is 0 Å². The molecule has 0 aromatic heterocycles. The summed E-state index contributed by atoms with van der Waals surface area (Å²) in [6.45, 7) is 8.92. The van der Waals surface area contributed by atoms with Gasteiger partial charge in [0.25, 0.3) is 5.91 Å². The van der Waals surface area contributed by atoms with Crippen molar-refractivity contribution >= 4 is 11.9 Å². The zero-order valence-corrected chi connectivity index (χ0v) is 14.8. The van der Waals surface area contributed by atoms with Gasteiger partial charge in [-0.3, -0.25) is 9.79 Å². The number of piperazine rings is 1. The number of aliphatic imine (C=N–C) groups is 1. The maximum absolute atomic E-state index is 12.4. The molecule has 2 fully saturated rings. The molecule has 0 spiro atoms. The fraction of sp³-hybridized carbons (Fsp3) is 0.875. The minimum Gasteiger partial charge on any atom is -0.368 e. The lowest BCUT2D eigenvalue weighted by molar-refractivity contribution is -0.142. The third-order valence-electron chi connectivity index (χ3n) is 4.62. The van der Waals surface area contributed by atoms with Crippen LogP contribution in [0.4, 0.5) is 0 Å². The van der Waals surface area contributed by atoms with E-state index in [1.807, 2.05) is 11.9 Å². The third kappa shape index (κ3) is 5.07. The summed E-state index contributed by atoms with van der Waals surface area (Å²) in [6.07, 6.45) is 1.66. The van der Waals surface area contributed by atoms with Crippen LogP contribution in [0.3, 0.4) is 0 Å². The number of rotatable bonds is 5. The second-order valence-electron chi connectivity index (χ2n) is 6.18. The van der Waals surface area contributed by atoms with Gasteiger partial charge in [0, 0.05) is 52.9 Å². The lowest BCUT2D eigenvalue weighted by atomic mass is 10.2. The highest BCUT2D eigenvalue weighted by molar-refractivity contribution is 5.82. The fourth-order valence-electron chi connectivity index (χ4n) is 2.96. The average molecular weight is 325 g/mol. The first-order valence-corrected chi connectivity index (χ1v) is 8.70. The number of likely N-dealkylation sites (N-methyl/N-ethyl adjacent to an activating group) is 1. The lowest BCUT2D eigenvalue weighted by Crippen LogP contribution is -2.55. The van der Waals surface area contributed by atoms with Gasteiger partial charge in [-0.25, -0.2) is 0 Å². The zero-order valence-electron chi connectivity index (χ0n) is 14.8. The van der Waals surface area contributed by atoms with Gasteiger partial charge in [-0.05, 0) is 26.4 Å². The molecule has 2 rings (SSSR count). The van der Waals surface area contributed by atoms with Gasteiger partial charge < -0.3 is 24.8 Å². The highest BCUT2D eigenvalue weighted by atomic mass is 16.5. The molecule has 0 bridgehead atoms. The molecule has 1 amide bonds. The van der Waals surface area contributed by atoms with E-state index in [2.05, 4.69) is 34.1 Å². The van der Waals surface area contributed by atoms with Crippen molar-refractivity contribution in [1.82, 2.24) is 20.0 Å². The minimum absolute atomic E-state index is 0.162. The average Bonchev–Trinajstić information content (AvgIpc) is 3.12. The molecule has 23 heavy (non-hydrogen) atoms. The van der Waals surface area contributed by atoms with Crippen LogP contribution < -0.4 is 5.32 Å². The van der Waals surface area contributed by atoms with Gasteiger partial charge in [0.15, 0.2) is 5.96 Å². The first-order valence-electron chi connectivity index (χ1n) is 8.70. The van der Waals surface area contributed by atoms with Crippen LogP contribution in [0.15, 0.2) is 4.99 Å². The monoisotopic (exact) mass is 325 g/mol. The SMILES string of the molecule is CCN(C)CCNC(=NC)N1CCN(C(=O)C2CCCO2)CC1. The fourth-order valence-corrected chi connectivity index (χ4v) is 2.96. The first kappa shape index (κ1) is 18.0. The number of carbonyl (C=O) groups is 1. The number of nitrogens with one attached hydrogen (secondary N) is 1. The summed E-state index contributed by atoms with van der Waals surface area (Å²) in [5, 5.41) is 3.41. The van der Waals surface area contributed by atoms with Crippen molar-refractivity contribution in [3.8, 4) is 0 Å². The molecule has 2 aliphatic heterocycles. The maximum atomic E-state index is 12.4. The van der Waals surface area contributed by atoms with Crippen molar-refractivity contribution in [2.45, 2.75) is 25.9 Å². The molecule has 0 saturated carbocycles. The Bertz CT molecular complexity index is 401. The van der Waals surface area contributed by atoms with Crippen molar-refractivity contribution in [3.05, 3.63) is 0 Å². The van der Waals surface area contributed by atoms with Crippen molar-refractivity contribution in [2.24, 2.45) is 4.99 Å². The van der Waals surface area contributed by atoms with Gasteiger partial charge in [0.1, 0.15) is 6.10 Å². The Morgan fingerprint density at radius 1 is 1.30 bits per heavy atom. The summed E-state index contributed by atoms with van der Waals surface area (Å²) in [4.78, 5) is 23.1. The molecule has 0 aromatic rings. The van der Waals surface area contributed by atoms with Gasteiger partial charge >= 0.3 is 0 Å². The van der Waals surface area contributed by atoms with Crippen LogP contribution in [-0.4, -0.2) is 99.2 Å². The highest BCUT2D eigenvalue weighted by Crippen LogP contribution is 2.16. The van der Waals surface area contributed by atoms with Gasteiger partial charge in [0.2, 0.25) is 0 Å². The molecule has 0 aliphatic carbocycles. The molecular weight excluding hydrogens is 294 g/mol. The molecule has 1 N–H and O–H groups in total. The molecule has 7 nitrogen and oxygen atoms in total. The molecular formula is C16H31N5O2. The van der Waals surface area contributed by atoms with Crippen LogP contribution in [0, 0.1) is 0 Å². The molecule has 0 radical (unpaired) electrons. The number of amides is 1. The van der Waals surface area contributed by atoms with E-state index in [0.29, 0.717) is 0 Å². The van der Waals surface area contributed by atoms with Crippen molar-refractivity contribution in [1.29, 1.82) is 0 Å². The van der Waals surface area contributed by atoms with Crippen LogP contribution >= 0.6 is 0 Å². The summed E-state index contributed by atoms with van der Waals surface area (Å²) >= 11 is 0. The van der Waals surface area contributed by atoms with E-state index in [9.17, 15) is 4.79 Å². The smallest absolute Gasteiger partial charge is 0.251 e. The Hall–Kier alpha value is -1.34. The predicted molar refractivity (Wildman–Crippen MR) is 91.7 cm³/mol. The topological polar surface area (TPSA) is 60.4 Å². The number of hydrogen-bond donors (Lipinski definition) is 1. The van der Waals surface area contributed by atoms with Gasteiger partial charge in [-0.1, -0.05) is 6.92 Å². The Balaban J connectivity index is 1.74. The maximum Gasteiger partial charge on any atom is 0.251 e. The first-order chi connectivity index (χ1) is 11.2. The molecule has 2 saturated heterocycles. The molecule has 1 atom stereocenters. The molecule has 7 heteroatoms. The standard InChI is InChI=1S/C16H31N5O2/c1-4-19(3)8-7-18-16(17-2)21-11-9-20(10-12-21)15(22)14-6-5-13-23-14/h14H,4-13H2,1-3H3,(H,17,18). The van der Waals surface area contributed by atoms with Crippen molar-refractivity contribution in [2.75, 3.05) is 66.5 Å². The van der Waals surface area contributed by atoms with Crippen LogP contribution in [0.1, 0.15) is 19.8 Å². The normalized spacial score (nSPS) is 22.8. The molecule has 2 heterocycles. The number of ether oxygens (including phenoxy) is 1. The van der Waals surface area contributed by atoms with Gasteiger partial charge in [-0.2, -0.15) is 0 Å². The molecule has 1 unspecified atom stereocenters. The number of nitrogens with zero attached hydrogens (tertiary/aromatic N) is 4. The second-order valence-corrected chi connectivity index (χ2v) is 6.18. The second kappa shape index (κ2) is 9.08. The summed E-state index contributed by atoms with van der Waals surface area (Å²) in [7, 11) is 3.93. The minimum atomic E-state index is -0.205. The summed E-state index contributed by atoms with van der Waals surface area (Å²) in [5.41, 5.74) is 0. The van der Waals surface area contributed by atoms with Crippen LogP contribution in [0.25, 0.3) is 0 Å². The van der Waals surface area contributed by atoms with E-state index >= 15 is 0 Å². The Morgan fingerprint density at radius 3 is 2.57 bits per heavy atom. The van der Waals surface area contributed by atoms with Gasteiger partial charge in [0.05, 0.1) is 0 Å². The third-order valence-corrected chi connectivity index (χ3v) is 4.62. The largest absolute Gasteiger partial charge is 0.368 e. The molecule has 132 valence electrons. The van der Waals surface area contributed by atoms with Crippen molar-refractivity contribution < 1.29 is 9.53 Å². The van der Waals surface area contributed by atoms with Crippen LogP contribution in [-0.2, 0) is 9.53 Å². The van der Waals surface area contributed by atoms with E-state index in [0.717, 1.165) is 71.2 Å². The van der Waals surface area contributed by atoms with E-state index in [1.165, 1.54) is 0 Å². The summed E-state index contributed by atoms with van der Waals surface area (Å²) in [5.74, 6) is 1.09. The lowest BCUT2D eigenvalue weighted by Gasteiger charge is -2.37. The number of hydrogen-bond acceptors (Lipinski definition) is 4. The van der Waals surface area contributed by atoms with Crippen molar-refractivity contribution in [3.63, 3.8) is 0 Å². The molecule has 0 aromatic carbocycles. The Labute approximate surface area is 139 Å². The highest BCUT2D eigenvalue weighted by Gasteiger charge is 2.30. The van der Waals surface area contributed by atoms with E-state index in [4.69, 9.17) is 4.74 Å². The zero-order chi connectivity index (χ0) is 16.7. The number of carbonyl (C=O) groups excluding carboxylic acids is 1. The predicted octanol–water partition coefficient (Wildman–Crippen LogP) is -0.163. The van der Waals surface area contributed by atoms with Crippen LogP contribution in [0.5, 0.6) is 0 Å². The summed E-state index contributed by atoms with van der Waals surface area (Å²) in [6, 6.07) is 0. The summed E-state index contributed by atoms with van der Waals surface area (Å²) < 4.78 is 5.50. The Kier molecular flexibility index (Phi) is 7.11. The van der Waals surface area contributed by atoms with Crippen LogP contribution in [0.2, 0.25) is 0 Å². The van der Waals surface area contributed by atoms with E-state index in [-0.39, 0.29) is 12.0 Å². The van der Waals surface area contributed by atoms with E-state index < -0.39 is 0 Å². The molecule has 2 aliphatic rings. The number of guanidine groups is 1.